The smallest absolute Gasteiger partial charge is 0.251 e. The Hall–Kier alpha value is -3.47. The van der Waals surface area contributed by atoms with E-state index in [0.29, 0.717) is 23.3 Å². The van der Waals surface area contributed by atoms with Gasteiger partial charge in [-0.05, 0) is 30.2 Å². The maximum absolute atomic E-state index is 13.1. The molecule has 0 aliphatic heterocycles. The molecule has 0 bridgehead atoms. The van der Waals surface area contributed by atoms with Crippen molar-refractivity contribution < 1.29 is 18.7 Å². The first-order valence-electron chi connectivity index (χ1n) is 9.36. The summed E-state index contributed by atoms with van der Waals surface area (Å²) in [4.78, 5) is 25.7. The van der Waals surface area contributed by atoms with Gasteiger partial charge in [0.05, 0.1) is 6.04 Å². The average Bonchev–Trinajstić information content (AvgIpc) is 2.76. The highest BCUT2D eigenvalue weighted by Gasteiger charge is 2.23. The molecule has 0 saturated carbocycles. The van der Waals surface area contributed by atoms with Crippen molar-refractivity contribution >= 4 is 11.7 Å². The Labute approximate surface area is 169 Å². The van der Waals surface area contributed by atoms with E-state index in [2.05, 4.69) is 5.32 Å². The first-order chi connectivity index (χ1) is 14.2. The van der Waals surface area contributed by atoms with Crippen molar-refractivity contribution in [2.45, 2.75) is 18.9 Å². The van der Waals surface area contributed by atoms with Gasteiger partial charge in [-0.1, -0.05) is 66.7 Å². The predicted molar refractivity (Wildman–Crippen MR) is 110 cm³/mol. The maximum atomic E-state index is 13.1. The number of hydrogen-bond donors (Lipinski definition) is 1. The van der Waals surface area contributed by atoms with Gasteiger partial charge in [0.15, 0.2) is 5.78 Å². The third kappa shape index (κ3) is 5.75. The van der Waals surface area contributed by atoms with E-state index in [-0.39, 0.29) is 18.1 Å². The van der Waals surface area contributed by atoms with E-state index in [1.807, 2.05) is 36.4 Å². The van der Waals surface area contributed by atoms with Gasteiger partial charge in [-0.15, -0.1) is 0 Å². The fraction of sp³-hybridized carbons (Fsp3) is 0.167. The van der Waals surface area contributed by atoms with Crippen LogP contribution in [0.25, 0.3) is 0 Å². The van der Waals surface area contributed by atoms with Crippen LogP contribution in [0.15, 0.2) is 84.9 Å². The van der Waals surface area contributed by atoms with Gasteiger partial charge in [-0.25, -0.2) is 4.39 Å². The lowest BCUT2D eigenvalue weighted by Crippen LogP contribution is -2.43. The topological polar surface area (TPSA) is 55.4 Å². The molecule has 0 radical (unpaired) electrons. The number of nitrogens with one attached hydrogen (secondary N) is 1. The minimum Gasteiger partial charge on any atom is -0.463 e. The summed E-state index contributed by atoms with van der Waals surface area (Å²) in [5.41, 5.74) is 2.01. The molecule has 29 heavy (non-hydrogen) atoms. The van der Waals surface area contributed by atoms with E-state index >= 15 is 0 Å². The molecule has 1 atom stereocenters. The fourth-order valence-corrected chi connectivity index (χ4v) is 3.09. The summed E-state index contributed by atoms with van der Waals surface area (Å²) in [5, 5.41) is 2.85. The molecule has 1 amide bonds. The number of Topliss-reactive ketones (excluding diaryl/α,β-unsaturated/α-hetero) is 1. The summed E-state index contributed by atoms with van der Waals surface area (Å²) in [6.45, 7) is -0.969. The number of ether oxygens (including phenoxy) is 1. The molecule has 0 fully saturated rings. The van der Waals surface area contributed by atoms with Gasteiger partial charge >= 0.3 is 0 Å². The SMILES string of the molecule is O=C(NC(Cc1ccccc1)C(=O)Cc1ccccc1OCF)c1ccccc1. The molecule has 148 valence electrons. The van der Waals surface area contributed by atoms with E-state index in [1.165, 1.54) is 0 Å². The molecule has 0 aromatic heterocycles. The Morgan fingerprint density at radius 2 is 1.48 bits per heavy atom. The minimum absolute atomic E-state index is 0.0305. The Morgan fingerprint density at radius 1 is 0.862 bits per heavy atom. The number of halogens is 1. The van der Waals surface area contributed by atoms with Gasteiger partial charge in [0.2, 0.25) is 6.86 Å². The number of carbonyl (C=O) groups is 2. The van der Waals surface area contributed by atoms with E-state index in [1.54, 1.807) is 48.5 Å². The van der Waals surface area contributed by atoms with Crippen LogP contribution in [0.2, 0.25) is 0 Å². The van der Waals surface area contributed by atoms with Crippen molar-refractivity contribution in [3.63, 3.8) is 0 Å². The number of alkyl halides is 1. The van der Waals surface area contributed by atoms with Crippen LogP contribution in [0, 0.1) is 0 Å². The van der Waals surface area contributed by atoms with Crippen molar-refractivity contribution in [2.24, 2.45) is 0 Å². The zero-order valence-electron chi connectivity index (χ0n) is 15.9. The molecule has 3 aromatic carbocycles. The quantitative estimate of drug-likeness (QED) is 0.596. The van der Waals surface area contributed by atoms with Crippen LogP contribution in [-0.2, 0) is 17.6 Å². The van der Waals surface area contributed by atoms with E-state index < -0.39 is 12.9 Å². The Kier molecular flexibility index (Phi) is 7.11. The number of carbonyl (C=O) groups excluding carboxylic acids is 2. The lowest BCUT2D eigenvalue weighted by molar-refractivity contribution is -0.120. The van der Waals surface area contributed by atoms with Crippen LogP contribution < -0.4 is 10.1 Å². The third-order valence-electron chi connectivity index (χ3n) is 4.56. The minimum atomic E-state index is -0.969. The highest BCUT2D eigenvalue weighted by molar-refractivity contribution is 5.98. The zero-order valence-corrected chi connectivity index (χ0v) is 15.9. The molecule has 3 aromatic rings. The van der Waals surface area contributed by atoms with Gasteiger partial charge in [0.1, 0.15) is 5.75 Å². The molecule has 0 heterocycles. The number of amides is 1. The summed E-state index contributed by atoms with van der Waals surface area (Å²) in [6, 6.07) is 24.4. The van der Waals surface area contributed by atoms with E-state index in [0.717, 1.165) is 5.56 Å². The Morgan fingerprint density at radius 3 is 2.17 bits per heavy atom. The highest BCUT2D eigenvalue weighted by Crippen LogP contribution is 2.20. The Bertz CT molecular complexity index is 945. The molecule has 5 heteroatoms. The number of ketones is 1. The summed E-state index contributed by atoms with van der Waals surface area (Å²) >= 11 is 0. The van der Waals surface area contributed by atoms with Gasteiger partial charge in [0, 0.05) is 17.5 Å². The van der Waals surface area contributed by atoms with Crippen LogP contribution in [-0.4, -0.2) is 24.6 Å². The van der Waals surface area contributed by atoms with Crippen LogP contribution in [0.1, 0.15) is 21.5 Å². The highest BCUT2D eigenvalue weighted by atomic mass is 19.1. The average molecular weight is 391 g/mol. The molecule has 0 spiro atoms. The van der Waals surface area contributed by atoms with E-state index in [9.17, 15) is 14.0 Å². The molecule has 1 N–H and O–H groups in total. The molecule has 1 unspecified atom stereocenters. The second kappa shape index (κ2) is 10.2. The second-order valence-corrected chi connectivity index (χ2v) is 6.59. The van der Waals surface area contributed by atoms with Crippen molar-refractivity contribution in [1.29, 1.82) is 0 Å². The lowest BCUT2D eigenvalue weighted by atomic mass is 9.97. The van der Waals surface area contributed by atoms with Crippen molar-refractivity contribution in [1.82, 2.24) is 5.32 Å². The van der Waals surface area contributed by atoms with Gasteiger partial charge < -0.3 is 10.1 Å². The molecule has 0 saturated heterocycles. The van der Waals surface area contributed by atoms with Gasteiger partial charge in [0.25, 0.3) is 5.91 Å². The van der Waals surface area contributed by atoms with Crippen LogP contribution >= 0.6 is 0 Å². The fourth-order valence-electron chi connectivity index (χ4n) is 3.09. The number of benzene rings is 3. The van der Waals surface area contributed by atoms with Crippen molar-refractivity contribution in [3.8, 4) is 5.75 Å². The maximum Gasteiger partial charge on any atom is 0.251 e. The first-order valence-corrected chi connectivity index (χ1v) is 9.36. The van der Waals surface area contributed by atoms with Gasteiger partial charge in [-0.2, -0.15) is 0 Å². The number of hydrogen-bond acceptors (Lipinski definition) is 3. The lowest BCUT2D eigenvalue weighted by Gasteiger charge is -2.19. The predicted octanol–water partition coefficient (Wildman–Crippen LogP) is 4.15. The van der Waals surface area contributed by atoms with Crippen LogP contribution in [0.3, 0.4) is 0 Å². The first kappa shape index (κ1) is 20.3. The van der Waals surface area contributed by atoms with Crippen LogP contribution in [0.4, 0.5) is 4.39 Å². The normalized spacial score (nSPS) is 11.5. The van der Waals surface area contributed by atoms with Crippen molar-refractivity contribution in [3.05, 3.63) is 102 Å². The molecule has 3 rings (SSSR count). The summed E-state index contributed by atoms with van der Waals surface area (Å²) < 4.78 is 17.6. The Balaban J connectivity index is 1.80. The van der Waals surface area contributed by atoms with E-state index in [4.69, 9.17) is 4.74 Å². The molecule has 0 aliphatic carbocycles. The largest absolute Gasteiger partial charge is 0.463 e. The number of rotatable bonds is 9. The zero-order chi connectivity index (χ0) is 20.5. The molecule has 4 nitrogen and oxygen atoms in total. The molecular formula is C24H22FNO3. The summed E-state index contributed by atoms with van der Waals surface area (Å²) in [5.74, 6) is -0.155. The molecule has 0 aliphatic rings. The monoisotopic (exact) mass is 391 g/mol. The number of para-hydroxylation sites is 1. The summed E-state index contributed by atoms with van der Waals surface area (Å²) in [6.07, 6.45) is 0.396. The summed E-state index contributed by atoms with van der Waals surface area (Å²) in [7, 11) is 0. The molecular weight excluding hydrogens is 369 g/mol. The van der Waals surface area contributed by atoms with Crippen molar-refractivity contribution in [2.75, 3.05) is 6.86 Å². The third-order valence-corrected chi connectivity index (χ3v) is 4.56. The second-order valence-electron chi connectivity index (χ2n) is 6.59. The van der Waals surface area contributed by atoms with Crippen LogP contribution in [0.5, 0.6) is 5.75 Å². The van der Waals surface area contributed by atoms with Gasteiger partial charge in [-0.3, -0.25) is 9.59 Å². The standard InChI is InChI=1S/C24H22FNO3/c25-17-29-23-14-8-7-13-20(23)16-22(27)21(15-18-9-3-1-4-10-18)26-24(28)19-11-5-2-6-12-19/h1-14,21H,15-17H2,(H,26,28).